The minimum absolute atomic E-state index is 0.0175. The van der Waals surface area contributed by atoms with Crippen LogP contribution in [0.3, 0.4) is 0 Å². The highest BCUT2D eigenvalue weighted by molar-refractivity contribution is 6.13. The highest BCUT2D eigenvalue weighted by Crippen LogP contribution is 2.30. The van der Waals surface area contributed by atoms with E-state index < -0.39 is 6.10 Å². The van der Waals surface area contributed by atoms with Crippen LogP contribution >= 0.6 is 0 Å². The molecule has 6 heteroatoms. The standard InChI is InChI=1S/C18H15N3O3/c22-17-11-21(15-9-5-4-8-13(15)19-17)18(23)16-10-14(20-24-16)12-6-2-1-3-7-12/h1-9,16H,10-11H2,(H,19,22). The van der Waals surface area contributed by atoms with Crippen molar-refractivity contribution < 1.29 is 14.4 Å². The maximum Gasteiger partial charge on any atom is 0.271 e. The molecule has 120 valence electrons. The molecule has 2 aliphatic heterocycles. The first kappa shape index (κ1) is 14.4. The van der Waals surface area contributed by atoms with Crippen LogP contribution in [0.1, 0.15) is 12.0 Å². The highest BCUT2D eigenvalue weighted by Gasteiger charge is 2.36. The summed E-state index contributed by atoms with van der Waals surface area (Å²) < 4.78 is 0. The van der Waals surface area contributed by atoms with Crippen molar-refractivity contribution in [2.24, 2.45) is 5.16 Å². The Bertz CT molecular complexity index is 832. The van der Waals surface area contributed by atoms with Gasteiger partial charge in [0.05, 0.1) is 17.1 Å². The summed E-state index contributed by atoms with van der Waals surface area (Å²) in [7, 11) is 0. The van der Waals surface area contributed by atoms with Crippen LogP contribution in [0.5, 0.6) is 0 Å². The number of rotatable bonds is 2. The second-order valence-electron chi connectivity index (χ2n) is 5.69. The Morgan fingerprint density at radius 2 is 1.88 bits per heavy atom. The van der Waals surface area contributed by atoms with Crippen molar-refractivity contribution in [3.63, 3.8) is 0 Å². The summed E-state index contributed by atoms with van der Waals surface area (Å²) >= 11 is 0. The summed E-state index contributed by atoms with van der Waals surface area (Å²) in [4.78, 5) is 31.5. The molecule has 2 amide bonds. The molecule has 0 aliphatic carbocycles. The number of carbonyl (C=O) groups excluding carboxylic acids is 2. The number of benzene rings is 2. The van der Waals surface area contributed by atoms with Gasteiger partial charge in [-0.1, -0.05) is 47.6 Å². The predicted octanol–water partition coefficient (Wildman–Crippen LogP) is 2.16. The third-order valence-corrected chi connectivity index (χ3v) is 4.09. The first-order valence-corrected chi connectivity index (χ1v) is 7.71. The molecule has 1 atom stereocenters. The van der Waals surface area contributed by atoms with Crippen molar-refractivity contribution in [1.82, 2.24) is 0 Å². The van der Waals surface area contributed by atoms with Gasteiger partial charge in [-0.25, -0.2) is 0 Å². The molecule has 6 nitrogen and oxygen atoms in total. The van der Waals surface area contributed by atoms with E-state index in [0.29, 0.717) is 17.8 Å². The van der Waals surface area contributed by atoms with E-state index in [-0.39, 0.29) is 18.4 Å². The van der Waals surface area contributed by atoms with E-state index in [4.69, 9.17) is 4.84 Å². The normalized spacial score (nSPS) is 19.2. The predicted molar refractivity (Wildman–Crippen MR) is 89.9 cm³/mol. The Kier molecular flexibility index (Phi) is 3.49. The summed E-state index contributed by atoms with van der Waals surface area (Å²) in [6, 6.07) is 16.8. The van der Waals surface area contributed by atoms with Crippen molar-refractivity contribution in [3.8, 4) is 0 Å². The SMILES string of the molecule is O=C1CN(C(=O)C2CC(c3ccccc3)=NO2)c2ccccc2N1. The lowest BCUT2D eigenvalue weighted by Crippen LogP contribution is -2.46. The third kappa shape index (κ3) is 2.52. The lowest BCUT2D eigenvalue weighted by Gasteiger charge is -2.30. The maximum absolute atomic E-state index is 12.8. The van der Waals surface area contributed by atoms with Gasteiger partial charge >= 0.3 is 0 Å². The van der Waals surface area contributed by atoms with E-state index in [0.717, 1.165) is 11.3 Å². The fourth-order valence-corrected chi connectivity index (χ4v) is 2.91. The van der Waals surface area contributed by atoms with Gasteiger partial charge in [-0.15, -0.1) is 0 Å². The Morgan fingerprint density at radius 3 is 2.71 bits per heavy atom. The minimum Gasteiger partial charge on any atom is -0.382 e. The molecule has 2 heterocycles. The summed E-state index contributed by atoms with van der Waals surface area (Å²) in [6.07, 6.45) is -0.317. The smallest absolute Gasteiger partial charge is 0.271 e. The number of para-hydroxylation sites is 2. The fraction of sp³-hybridized carbons (Fsp3) is 0.167. The summed E-state index contributed by atoms with van der Waals surface area (Å²) in [6.45, 7) is -0.0175. The largest absolute Gasteiger partial charge is 0.382 e. The fourth-order valence-electron chi connectivity index (χ4n) is 2.91. The monoisotopic (exact) mass is 321 g/mol. The Balaban J connectivity index is 1.55. The quantitative estimate of drug-likeness (QED) is 0.921. The van der Waals surface area contributed by atoms with Crippen molar-refractivity contribution in [1.29, 1.82) is 0 Å². The van der Waals surface area contributed by atoms with Crippen LogP contribution in [0.15, 0.2) is 59.8 Å². The number of hydrogen-bond acceptors (Lipinski definition) is 4. The van der Waals surface area contributed by atoms with Gasteiger partial charge in [-0.3, -0.25) is 14.5 Å². The Morgan fingerprint density at radius 1 is 1.12 bits per heavy atom. The van der Waals surface area contributed by atoms with Crippen molar-refractivity contribution >= 4 is 28.9 Å². The number of oxime groups is 1. The molecule has 24 heavy (non-hydrogen) atoms. The minimum atomic E-state index is -0.709. The van der Waals surface area contributed by atoms with Crippen molar-refractivity contribution in [2.45, 2.75) is 12.5 Å². The molecule has 2 aromatic rings. The lowest BCUT2D eigenvalue weighted by molar-refractivity contribution is -0.129. The van der Waals surface area contributed by atoms with Crippen LogP contribution < -0.4 is 10.2 Å². The zero-order valence-electron chi connectivity index (χ0n) is 12.8. The molecule has 2 aliphatic rings. The number of nitrogens with zero attached hydrogens (tertiary/aromatic N) is 2. The van der Waals surface area contributed by atoms with E-state index in [1.54, 1.807) is 12.1 Å². The van der Waals surface area contributed by atoms with E-state index in [1.807, 2.05) is 42.5 Å². The zero-order chi connectivity index (χ0) is 16.5. The number of carbonyl (C=O) groups is 2. The van der Waals surface area contributed by atoms with Crippen molar-refractivity contribution in [3.05, 3.63) is 60.2 Å². The molecule has 1 unspecified atom stereocenters. The zero-order valence-corrected chi connectivity index (χ0v) is 12.8. The van der Waals surface area contributed by atoms with Crippen LogP contribution in [0.4, 0.5) is 11.4 Å². The molecule has 0 bridgehead atoms. The molecule has 0 saturated heterocycles. The molecular formula is C18H15N3O3. The molecular weight excluding hydrogens is 306 g/mol. The van der Waals surface area contributed by atoms with Crippen molar-refractivity contribution in [2.75, 3.05) is 16.8 Å². The van der Waals surface area contributed by atoms with Crippen LogP contribution in [0.25, 0.3) is 0 Å². The van der Waals surface area contributed by atoms with E-state index >= 15 is 0 Å². The van der Waals surface area contributed by atoms with Crippen LogP contribution in [-0.4, -0.2) is 30.2 Å². The number of hydrogen-bond donors (Lipinski definition) is 1. The third-order valence-electron chi connectivity index (χ3n) is 4.09. The average molecular weight is 321 g/mol. The van der Waals surface area contributed by atoms with Gasteiger partial charge in [0.2, 0.25) is 12.0 Å². The van der Waals surface area contributed by atoms with Gasteiger partial charge < -0.3 is 10.2 Å². The molecule has 4 rings (SSSR count). The molecule has 0 spiro atoms. The second kappa shape index (κ2) is 5.81. The van der Waals surface area contributed by atoms with Gasteiger partial charge in [0.1, 0.15) is 6.54 Å². The number of amides is 2. The Labute approximate surface area is 138 Å². The van der Waals surface area contributed by atoms with Crippen LogP contribution in [-0.2, 0) is 14.4 Å². The maximum atomic E-state index is 12.8. The van der Waals surface area contributed by atoms with Gasteiger partial charge in [-0.05, 0) is 17.7 Å². The molecule has 0 saturated carbocycles. The lowest BCUT2D eigenvalue weighted by atomic mass is 10.0. The van der Waals surface area contributed by atoms with E-state index in [9.17, 15) is 9.59 Å². The first-order chi connectivity index (χ1) is 11.7. The molecule has 0 aromatic heterocycles. The van der Waals surface area contributed by atoms with Gasteiger partial charge in [0.25, 0.3) is 5.91 Å². The Hall–Kier alpha value is -3.15. The van der Waals surface area contributed by atoms with Gasteiger partial charge in [0, 0.05) is 6.42 Å². The van der Waals surface area contributed by atoms with Gasteiger partial charge in [-0.2, -0.15) is 0 Å². The number of nitrogens with one attached hydrogen (secondary N) is 1. The number of fused-ring (bicyclic) bond motifs is 1. The first-order valence-electron chi connectivity index (χ1n) is 7.71. The van der Waals surface area contributed by atoms with Crippen LogP contribution in [0, 0.1) is 0 Å². The molecule has 0 fully saturated rings. The molecule has 2 aromatic carbocycles. The highest BCUT2D eigenvalue weighted by atomic mass is 16.6. The second-order valence-corrected chi connectivity index (χ2v) is 5.69. The summed E-state index contributed by atoms with van der Waals surface area (Å²) in [5, 5.41) is 6.81. The summed E-state index contributed by atoms with van der Waals surface area (Å²) in [5.41, 5.74) is 2.98. The van der Waals surface area contributed by atoms with Gasteiger partial charge in [0.15, 0.2) is 0 Å². The average Bonchev–Trinajstić information content (AvgIpc) is 3.11. The topological polar surface area (TPSA) is 71.0 Å². The molecule has 0 radical (unpaired) electrons. The van der Waals surface area contributed by atoms with E-state index in [2.05, 4.69) is 10.5 Å². The molecule has 1 N–H and O–H groups in total. The summed E-state index contributed by atoms with van der Waals surface area (Å²) in [5.74, 6) is -0.476. The number of anilines is 2. The van der Waals surface area contributed by atoms with Crippen LogP contribution in [0.2, 0.25) is 0 Å². The van der Waals surface area contributed by atoms with E-state index in [1.165, 1.54) is 4.90 Å².